The monoisotopic (exact) mass is 302 g/mol. The Labute approximate surface area is 116 Å². The second kappa shape index (κ2) is 6.35. The third-order valence-corrected chi connectivity index (χ3v) is 3.74. The van der Waals surface area contributed by atoms with Crippen molar-refractivity contribution in [3.05, 3.63) is 29.8 Å². The number of carboxylic acids is 1. The zero-order valence-corrected chi connectivity index (χ0v) is 11.7. The normalized spacial score (nSPS) is 11.2. The van der Waals surface area contributed by atoms with Crippen LogP contribution in [0.1, 0.15) is 10.4 Å². The van der Waals surface area contributed by atoms with E-state index in [0.717, 1.165) is 7.05 Å². The number of esters is 1. The zero-order chi connectivity index (χ0) is 15.3. The highest BCUT2D eigenvalue weighted by molar-refractivity contribution is 7.90. The van der Waals surface area contributed by atoms with Crippen molar-refractivity contribution in [2.24, 2.45) is 0 Å². The lowest BCUT2D eigenvalue weighted by atomic mass is 10.2. The van der Waals surface area contributed by atoms with Gasteiger partial charge in [-0.15, -0.1) is 0 Å². The number of anilines is 1. The number of methoxy groups -OCH3 is 1. The third-order valence-electron chi connectivity index (χ3n) is 2.30. The van der Waals surface area contributed by atoms with Gasteiger partial charge in [0.2, 0.25) is 0 Å². The van der Waals surface area contributed by atoms with Gasteiger partial charge in [-0.1, -0.05) is 6.07 Å². The molecule has 110 valence electrons. The van der Waals surface area contributed by atoms with E-state index in [9.17, 15) is 18.0 Å². The highest BCUT2D eigenvalue weighted by Crippen LogP contribution is 2.14. The molecular weight excluding hydrogens is 288 g/mol. The number of hydrogen-bond donors (Lipinski definition) is 2. The molecule has 0 saturated carbocycles. The number of nitrogens with one attached hydrogen (secondary N) is 1. The number of aliphatic carboxylic acids is 1. The minimum Gasteiger partial charge on any atom is -0.480 e. The van der Waals surface area contributed by atoms with Crippen LogP contribution in [0.2, 0.25) is 0 Å². The van der Waals surface area contributed by atoms with Crippen molar-refractivity contribution in [1.82, 2.24) is 4.31 Å². The van der Waals surface area contributed by atoms with E-state index in [-0.39, 0.29) is 11.3 Å². The van der Waals surface area contributed by atoms with Crippen LogP contribution >= 0.6 is 0 Å². The van der Waals surface area contributed by atoms with Crippen LogP contribution in [0.15, 0.2) is 24.3 Å². The van der Waals surface area contributed by atoms with Crippen LogP contribution in [0, 0.1) is 0 Å². The maximum absolute atomic E-state index is 11.8. The van der Waals surface area contributed by atoms with Gasteiger partial charge in [0.1, 0.15) is 6.54 Å². The SMILES string of the molecule is COC(=O)c1cccc(NS(=O)(=O)N(C)CC(=O)O)c1. The molecule has 8 nitrogen and oxygen atoms in total. The first-order valence-electron chi connectivity index (χ1n) is 5.40. The Hall–Kier alpha value is -2.13. The van der Waals surface area contributed by atoms with Gasteiger partial charge in [-0.2, -0.15) is 12.7 Å². The average Bonchev–Trinajstić information content (AvgIpc) is 2.36. The number of carbonyl (C=O) groups excluding carboxylic acids is 1. The lowest BCUT2D eigenvalue weighted by Crippen LogP contribution is -2.36. The van der Waals surface area contributed by atoms with E-state index in [1.165, 1.54) is 31.4 Å². The van der Waals surface area contributed by atoms with E-state index in [1.807, 2.05) is 0 Å². The fraction of sp³-hybridized carbons (Fsp3) is 0.273. The first-order valence-corrected chi connectivity index (χ1v) is 6.84. The quantitative estimate of drug-likeness (QED) is 0.723. The number of carbonyl (C=O) groups is 2. The molecule has 1 aromatic rings. The van der Waals surface area contributed by atoms with Gasteiger partial charge in [-0.25, -0.2) is 4.79 Å². The van der Waals surface area contributed by atoms with Gasteiger partial charge in [-0.05, 0) is 18.2 Å². The smallest absolute Gasteiger partial charge is 0.337 e. The molecule has 0 spiro atoms. The van der Waals surface area contributed by atoms with Gasteiger partial charge in [0, 0.05) is 7.05 Å². The maximum atomic E-state index is 11.8. The molecule has 0 fully saturated rings. The summed E-state index contributed by atoms with van der Waals surface area (Å²) in [6.07, 6.45) is 0. The predicted molar refractivity (Wildman–Crippen MR) is 70.6 cm³/mol. The first-order chi connectivity index (χ1) is 9.26. The minimum atomic E-state index is -4.01. The molecule has 0 bridgehead atoms. The van der Waals surface area contributed by atoms with Crippen LogP contribution in [-0.4, -0.2) is 50.5 Å². The molecule has 0 aliphatic rings. The Morgan fingerprint density at radius 2 is 2.05 bits per heavy atom. The zero-order valence-electron chi connectivity index (χ0n) is 10.9. The Bertz CT molecular complexity index is 613. The molecule has 0 unspecified atom stereocenters. The summed E-state index contributed by atoms with van der Waals surface area (Å²) in [6, 6.07) is 5.66. The molecule has 0 saturated heterocycles. The Morgan fingerprint density at radius 1 is 1.40 bits per heavy atom. The fourth-order valence-electron chi connectivity index (χ4n) is 1.33. The number of rotatable bonds is 6. The molecule has 0 aliphatic carbocycles. The van der Waals surface area contributed by atoms with E-state index in [2.05, 4.69) is 9.46 Å². The molecule has 0 atom stereocenters. The molecule has 0 heterocycles. The van der Waals surface area contributed by atoms with Crippen molar-refractivity contribution < 1.29 is 27.9 Å². The molecule has 0 radical (unpaired) electrons. The van der Waals surface area contributed by atoms with Crippen molar-refractivity contribution in [3.8, 4) is 0 Å². The van der Waals surface area contributed by atoms with Crippen molar-refractivity contribution in [2.45, 2.75) is 0 Å². The lowest BCUT2D eigenvalue weighted by Gasteiger charge is -2.16. The summed E-state index contributed by atoms with van der Waals surface area (Å²) in [4.78, 5) is 21.8. The summed E-state index contributed by atoms with van der Waals surface area (Å²) in [5.74, 6) is -1.88. The number of nitrogens with zero attached hydrogens (tertiary/aromatic N) is 1. The molecule has 0 aromatic heterocycles. The highest BCUT2D eigenvalue weighted by atomic mass is 32.2. The van der Waals surface area contributed by atoms with Crippen molar-refractivity contribution in [2.75, 3.05) is 25.4 Å². The van der Waals surface area contributed by atoms with Gasteiger partial charge < -0.3 is 9.84 Å². The molecule has 1 aromatic carbocycles. The largest absolute Gasteiger partial charge is 0.480 e. The van der Waals surface area contributed by atoms with Crippen LogP contribution < -0.4 is 4.72 Å². The number of carboxylic acid groups (broad SMARTS) is 1. The molecule has 2 N–H and O–H groups in total. The summed E-state index contributed by atoms with van der Waals surface area (Å²) in [5, 5.41) is 8.57. The summed E-state index contributed by atoms with van der Waals surface area (Å²) in [5.41, 5.74) is 0.304. The van der Waals surface area contributed by atoms with E-state index in [4.69, 9.17) is 5.11 Å². The van der Waals surface area contributed by atoms with Crippen molar-refractivity contribution in [3.63, 3.8) is 0 Å². The molecule has 0 amide bonds. The summed E-state index contributed by atoms with van der Waals surface area (Å²) in [7, 11) is -1.67. The van der Waals surface area contributed by atoms with Crippen molar-refractivity contribution >= 4 is 27.8 Å². The molecule has 9 heteroatoms. The van der Waals surface area contributed by atoms with E-state index < -0.39 is 28.7 Å². The Kier molecular flexibility index (Phi) is 5.06. The van der Waals surface area contributed by atoms with E-state index in [1.54, 1.807) is 0 Å². The molecule has 0 aliphatic heterocycles. The van der Waals surface area contributed by atoms with Crippen LogP contribution in [0.3, 0.4) is 0 Å². The third kappa shape index (κ3) is 4.21. The predicted octanol–water partition coefficient (Wildman–Crippen LogP) is 0.146. The first kappa shape index (κ1) is 15.9. The summed E-state index contributed by atoms with van der Waals surface area (Å²) >= 11 is 0. The number of ether oxygens (including phenoxy) is 1. The second-order valence-corrected chi connectivity index (χ2v) is 5.61. The van der Waals surface area contributed by atoms with Gasteiger partial charge >= 0.3 is 22.1 Å². The average molecular weight is 302 g/mol. The van der Waals surface area contributed by atoms with Crippen LogP contribution in [0.5, 0.6) is 0 Å². The summed E-state index contributed by atoms with van der Waals surface area (Å²) in [6.45, 7) is -0.675. The fourth-order valence-corrected chi connectivity index (χ4v) is 2.19. The van der Waals surface area contributed by atoms with Gasteiger partial charge in [0.25, 0.3) is 0 Å². The molecule has 20 heavy (non-hydrogen) atoms. The van der Waals surface area contributed by atoms with E-state index in [0.29, 0.717) is 4.31 Å². The number of benzene rings is 1. The van der Waals surface area contributed by atoms with Crippen LogP contribution in [0.4, 0.5) is 5.69 Å². The Balaban J connectivity index is 2.92. The Morgan fingerprint density at radius 3 is 2.60 bits per heavy atom. The molecular formula is C11H14N2O6S. The van der Waals surface area contributed by atoms with Gasteiger partial charge in [0.05, 0.1) is 18.4 Å². The standard InChI is InChI=1S/C11H14N2O6S/c1-13(7-10(14)15)20(17,18)12-9-5-3-4-8(6-9)11(16)19-2/h3-6,12H,7H2,1-2H3,(H,14,15). The lowest BCUT2D eigenvalue weighted by molar-refractivity contribution is -0.137. The molecule has 1 rings (SSSR count). The maximum Gasteiger partial charge on any atom is 0.337 e. The van der Waals surface area contributed by atoms with Crippen molar-refractivity contribution in [1.29, 1.82) is 0 Å². The van der Waals surface area contributed by atoms with Gasteiger partial charge in [-0.3, -0.25) is 9.52 Å². The van der Waals surface area contributed by atoms with Crippen LogP contribution in [0.25, 0.3) is 0 Å². The number of hydrogen-bond acceptors (Lipinski definition) is 5. The van der Waals surface area contributed by atoms with Crippen LogP contribution in [-0.2, 0) is 19.7 Å². The highest BCUT2D eigenvalue weighted by Gasteiger charge is 2.20. The minimum absolute atomic E-state index is 0.130. The topological polar surface area (TPSA) is 113 Å². The van der Waals surface area contributed by atoms with Gasteiger partial charge in [0.15, 0.2) is 0 Å². The number of likely N-dealkylation sites (N-methyl/N-ethyl adjacent to an activating group) is 1. The second-order valence-electron chi connectivity index (χ2n) is 3.83. The summed E-state index contributed by atoms with van der Waals surface area (Å²) < 4.78 is 31.0. The van der Waals surface area contributed by atoms with E-state index >= 15 is 0 Å².